The molecule has 2 atom stereocenters. The molecule has 0 bridgehead atoms. The molecule has 23 heavy (non-hydrogen) atoms. The minimum atomic E-state index is -0.464. The minimum Gasteiger partial charge on any atom is -0.469 e. The summed E-state index contributed by atoms with van der Waals surface area (Å²) in [6.07, 6.45) is 5.35. The standard InChI is InChI=1S/C18H32N2O3/c1-6-8-15(13-19-17(21)23-18(3,4)5)20-14(2)10-11-16-9-7-12-22-16/h7,9,12,14-15,20H,6,8,10-11,13H2,1-5H3,(H,19,21). The molecule has 5 heteroatoms. The van der Waals surface area contributed by atoms with Crippen LogP contribution in [0.25, 0.3) is 0 Å². The fourth-order valence-corrected chi connectivity index (χ4v) is 2.41. The Bertz CT molecular complexity index is 438. The normalized spacial score (nSPS) is 14.3. The molecule has 0 saturated carbocycles. The maximum Gasteiger partial charge on any atom is 0.407 e. The van der Waals surface area contributed by atoms with Crippen molar-refractivity contribution < 1.29 is 13.9 Å². The first kappa shape index (κ1) is 19.6. The fraction of sp³-hybridized carbons (Fsp3) is 0.722. The van der Waals surface area contributed by atoms with Crippen LogP contribution in [0.4, 0.5) is 4.79 Å². The number of furan rings is 1. The van der Waals surface area contributed by atoms with Crippen LogP contribution in [-0.4, -0.2) is 30.3 Å². The minimum absolute atomic E-state index is 0.249. The van der Waals surface area contributed by atoms with Crippen molar-refractivity contribution in [1.82, 2.24) is 10.6 Å². The molecule has 1 heterocycles. The van der Waals surface area contributed by atoms with Gasteiger partial charge < -0.3 is 19.8 Å². The zero-order valence-electron chi connectivity index (χ0n) is 15.1. The zero-order chi connectivity index (χ0) is 17.3. The molecule has 2 unspecified atom stereocenters. The summed E-state index contributed by atoms with van der Waals surface area (Å²) in [6, 6.07) is 4.52. The van der Waals surface area contributed by atoms with Gasteiger partial charge in [0.2, 0.25) is 0 Å². The second kappa shape index (κ2) is 9.60. The van der Waals surface area contributed by atoms with Crippen molar-refractivity contribution in [3.8, 4) is 0 Å². The molecule has 0 radical (unpaired) electrons. The first-order valence-electron chi connectivity index (χ1n) is 8.55. The van der Waals surface area contributed by atoms with Crippen LogP contribution in [0.15, 0.2) is 22.8 Å². The van der Waals surface area contributed by atoms with Crippen LogP contribution in [0.2, 0.25) is 0 Å². The van der Waals surface area contributed by atoms with Gasteiger partial charge in [0.05, 0.1) is 6.26 Å². The monoisotopic (exact) mass is 324 g/mol. The number of hydrogen-bond acceptors (Lipinski definition) is 4. The van der Waals surface area contributed by atoms with E-state index in [2.05, 4.69) is 24.5 Å². The van der Waals surface area contributed by atoms with Crippen molar-refractivity contribution in [1.29, 1.82) is 0 Å². The van der Waals surface area contributed by atoms with E-state index >= 15 is 0 Å². The second-order valence-electron chi connectivity index (χ2n) is 7.05. The van der Waals surface area contributed by atoms with Crippen LogP contribution in [0.1, 0.15) is 59.6 Å². The molecule has 0 aliphatic rings. The van der Waals surface area contributed by atoms with E-state index in [-0.39, 0.29) is 12.1 Å². The highest BCUT2D eigenvalue weighted by Gasteiger charge is 2.18. The Labute approximate surface area is 140 Å². The van der Waals surface area contributed by atoms with Gasteiger partial charge in [0.25, 0.3) is 0 Å². The number of aryl methyl sites for hydroxylation is 1. The zero-order valence-corrected chi connectivity index (χ0v) is 15.1. The highest BCUT2D eigenvalue weighted by atomic mass is 16.6. The van der Waals surface area contributed by atoms with Crippen LogP contribution in [0, 0.1) is 0 Å². The van der Waals surface area contributed by atoms with Gasteiger partial charge in [-0.15, -0.1) is 0 Å². The van der Waals surface area contributed by atoms with Gasteiger partial charge in [-0.3, -0.25) is 0 Å². The Balaban J connectivity index is 2.33. The molecule has 0 spiro atoms. The van der Waals surface area contributed by atoms with E-state index in [1.807, 2.05) is 32.9 Å². The largest absolute Gasteiger partial charge is 0.469 e. The third kappa shape index (κ3) is 9.29. The molecule has 5 nitrogen and oxygen atoms in total. The average molecular weight is 324 g/mol. The summed E-state index contributed by atoms with van der Waals surface area (Å²) >= 11 is 0. The number of ether oxygens (including phenoxy) is 1. The van der Waals surface area contributed by atoms with E-state index in [4.69, 9.17) is 9.15 Å². The molecule has 0 fully saturated rings. The molecule has 0 saturated heterocycles. The van der Waals surface area contributed by atoms with Crippen LogP contribution in [0.3, 0.4) is 0 Å². The smallest absolute Gasteiger partial charge is 0.407 e. The molecular formula is C18H32N2O3. The van der Waals surface area contributed by atoms with Gasteiger partial charge in [-0.25, -0.2) is 4.79 Å². The van der Waals surface area contributed by atoms with Gasteiger partial charge in [-0.1, -0.05) is 13.3 Å². The number of amides is 1. The molecule has 1 amide bonds. The van der Waals surface area contributed by atoms with Gasteiger partial charge in [0, 0.05) is 25.0 Å². The van der Waals surface area contributed by atoms with Gasteiger partial charge in [0.15, 0.2) is 0 Å². The van der Waals surface area contributed by atoms with E-state index in [1.165, 1.54) is 0 Å². The predicted octanol–water partition coefficient (Wildman–Crippen LogP) is 3.88. The van der Waals surface area contributed by atoms with Crippen LogP contribution in [0.5, 0.6) is 0 Å². The van der Waals surface area contributed by atoms with Crippen molar-refractivity contribution in [2.75, 3.05) is 6.54 Å². The first-order chi connectivity index (χ1) is 10.8. The van der Waals surface area contributed by atoms with Gasteiger partial charge in [-0.2, -0.15) is 0 Å². The average Bonchev–Trinajstić information content (AvgIpc) is 2.94. The summed E-state index contributed by atoms with van der Waals surface area (Å²) in [5.74, 6) is 1.01. The number of hydrogen-bond donors (Lipinski definition) is 2. The Morgan fingerprint density at radius 2 is 2.09 bits per heavy atom. The van der Waals surface area contributed by atoms with Crippen molar-refractivity contribution in [2.24, 2.45) is 0 Å². The summed E-state index contributed by atoms with van der Waals surface area (Å²) in [5, 5.41) is 6.44. The molecule has 0 aliphatic heterocycles. The SMILES string of the molecule is CCCC(CNC(=O)OC(C)(C)C)NC(C)CCc1ccco1. The van der Waals surface area contributed by atoms with Gasteiger partial charge in [-0.05, 0) is 52.7 Å². The maximum atomic E-state index is 11.8. The Morgan fingerprint density at radius 1 is 1.35 bits per heavy atom. The Morgan fingerprint density at radius 3 is 2.65 bits per heavy atom. The maximum absolute atomic E-state index is 11.8. The van der Waals surface area contributed by atoms with E-state index in [0.29, 0.717) is 12.6 Å². The molecule has 0 aromatic carbocycles. The number of carbonyl (C=O) groups is 1. The lowest BCUT2D eigenvalue weighted by molar-refractivity contribution is 0.0521. The van der Waals surface area contributed by atoms with E-state index < -0.39 is 5.60 Å². The van der Waals surface area contributed by atoms with Crippen LogP contribution >= 0.6 is 0 Å². The number of nitrogens with one attached hydrogen (secondary N) is 2. The molecule has 0 aliphatic carbocycles. The molecule has 1 aromatic rings. The van der Waals surface area contributed by atoms with Crippen LogP contribution in [-0.2, 0) is 11.2 Å². The van der Waals surface area contributed by atoms with E-state index in [1.54, 1.807) is 6.26 Å². The number of carbonyl (C=O) groups excluding carboxylic acids is 1. The third-order valence-corrected chi connectivity index (χ3v) is 3.45. The predicted molar refractivity (Wildman–Crippen MR) is 92.6 cm³/mol. The van der Waals surface area contributed by atoms with Crippen molar-refractivity contribution >= 4 is 6.09 Å². The summed E-state index contributed by atoms with van der Waals surface area (Å²) in [4.78, 5) is 11.8. The van der Waals surface area contributed by atoms with Gasteiger partial charge >= 0.3 is 6.09 Å². The third-order valence-electron chi connectivity index (χ3n) is 3.45. The van der Waals surface area contributed by atoms with Gasteiger partial charge in [0.1, 0.15) is 11.4 Å². The quantitative estimate of drug-likeness (QED) is 0.723. The Hall–Kier alpha value is -1.49. The molecule has 1 rings (SSSR count). The highest BCUT2D eigenvalue weighted by molar-refractivity contribution is 5.67. The first-order valence-corrected chi connectivity index (χ1v) is 8.55. The lowest BCUT2D eigenvalue weighted by atomic mass is 10.1. The molecule has 2 N–H and O–H groups in total. The van der Waals surface area contributed by atoms with Crippen molar-refractivity contribution in [3.05, 3.63) is 24.2 Å². The summed E-state index contributed by atoms with van der Waals surface area (Å²) < 4.78 is 10.6. The van der Waals surface area contributed by atoms with E-state index in [9.17, 15) is 4.79 Å². The van der Waals surface area contributed by atoms with Crippen LogP contribution < -0.4 is 10.6 Å². The summed E-state index contributed by atoms with van der Waals surface area (Å²) in [7, 11) is 0. The number of alkyl carbamates (subject to hydrolysis) is 1. The van der Waals surface area contributed by atoms with E-state index in [0.717, 1.165) is 31.4 Å². The lowest BCUT2D eigenvalue weighted by Gasteiger charge is -2.25. The van der Waals surface area contributed by atoms with Crippen molar-refractivity contribution in [2.45, 2.75) is 78.0 Å². The van der Waals surface area contributed by atoms with Crippen molar-refractivity contribution in [3.63, 3.8) is 0 Å². The highest BCUT2D eigenvalue weighted by Crippen LogP contribution is 2.08. The molecule has 132 valence electrons. The topological polar surface area (TPSA) is 63.5 Å². The summed E-state index contributed by atoms with van der Waals surface area (Å²) in [6.45, 7) is 10.5. The second-order valence-corrected chi connectivity index (χ2v) is 7.05. The summed E-state index contributed by atoms with van der Waals surface area (Å²) in [5.41, 5.74) is -0.464. The number of rotatable bonds is 9. The Kier molecular flexibility index (Phi) is 8.17. The molecular weight excluding hydrogens is 292 g/mol. The lowest BCUT2D eigenvalue weighted by Crippen LogP contribution is -2.45. The fourth-order valence-electron chi connectivity index (χ4n) is 2.41. The molecule has 1 aromatic heterocycles.